The maximum absolute atomic E-state index is 12.4. The molecule has 0 aliphatic rings. The average molecular weight is 354 g/mol. The summed E-state index contributed by atoms with van der Waals surface area (Å²) in [6, 6.07) is 14.1. The van der Waals surface area contributed by atoms with Crippen molar-refractivity contribution in [1.29, 1.82) is 0 Å². The monoisotopic (exact) mass is 354 g/mol. The van der Waals surface area contributed by atoms with Crippen LogP contribution in [0.25, 0.3) is 6.08 Å². The number of carbonyl (C=O) groups is 2. The summed E-state index contributed by atoms with van der Waals surface area (Å²) in [7, 11) is 1.57. The molecule has 0 heterocycles. The zero-order chi connectivity index (χ0) is 18.9. The van der Waals surface area contributed by atoms with Gasteiger partial charge in [-0.25, -0.2) is 0 Å². The standard InChI is InChI=1S/C20H22N2O4/c1-14-3-7-16(8-4-14)19(24)22-18(20(25)21-11-12-23)13-15-5-9-17(26-2)10-6-15/h3-10,13,23H,11-12H2,1-2H3,(H,21,25)(H,22,24). The van der Waals surface area contributed by atoms with E-state index in [9.17, 15) is 9.59 Å². The number of benzene rings is 2. The minimum Gasteiger partial charge on any atom is -0.497 e. The zero-order valence-corrected chi connectivity index (χ0v) is 14.8. The molecule has 3 N–H and O–H groups in total. The van der Waals surface area contributed by atoms with Crippen molar-refractivity contribution in [2.45, 2.75) is 6.92 Å². The van der Waals surface area contributed by atoms with Gasteiger partial charge in [-0.1, -0.05) is 29.8 Å². The van der Waals surface area contributed by atoms with Gasteiger partial charge in [-0.15, -0.1) is 0 Å². The number of aliphatic hydroxyl groups is 1. The molecule has 0 saturated heterocycles. The minimum atomic E-state index is -0.477. The Morgan fingerprint density at radius 3 is 2.31 bits per heavy atom. The molecule has 26 heavy (non-hydrogen) atoms. The number of methoxy groups -OCH3 is 1. The van der Waals surface area contributed by atoms with Gasteiger partial charge in [0.15, 0.2) is 0 Å². The van der Waals surface area contributed by atoms with Gasteiger partial charge < -0.3 is 20.5 Å². The van der Waals surface area contributed by atoms with Gasteiger partial charge in [-0.05, 0) is 42.8 Å². The van der Waals surface area contributed by atoms with Crippen LogP contribution in [0.4, 0.5) is 0 Å². The SMILES string of the molecule is COc1ccc(C=C(NC(=O)c2ccc(C)cc2)C(=O)NCCO)cc1. The molecule has 0 radical (unpaired) electrons. The molecule has 136 valence electrons. The Bertz CT molecular complexity index is 780. The van der Waals surface area contributed by atoms with E-state index >= 15 is 0 Å². The predicted octanol–water partition coefficient (Wildman–Crippen LogP) is 1.88. The van der Waals surface area contributed by atoms with Crippen molar-refractivity contribution >= 4 is 17.9 Å². The normalized spacial score (nSPS) is 11.0. The summed E-state index contributed by atoms with van der Waals surface area (Å²) in [5.41, 5.74) is 2.31. The largest absolute Gasteiger partial charge is 0.497 e. The first kappa shape index (κ1) is 19.2. The maximum Gasteiger partial charge on any atom is 0.267 e. The van der Waals surface area contributed by atoms with Crippen LogP contribution in [0.15, 0.2) is 54.2 Å². The second-order valence-electron chi connectivity index (χ2n) is 5.63. The van der Waals surface area contributed by atoms with Crippen LogP contribution in [0.5, 0.6) is 5.75 Å². The average Bonchev–Trinajstić information content (AvgIpc) is 2.66. The van der Waals surface area contributed by atoms with E-state index in [2.05, 4.69) is 10.6 Å². The topological polar surface area (TPSA) is 87.7 Å². The lowest BCUT2D eigenvalue weighted by molar-refractivity contribution is -0.117. The van der Waals surface area contributed by atoms with E-state index in [-0.39, 0.29) is 24.8 Å². The van der Waals surface area contributed by atoms with Crippen molar-refractivity contribution in [3.8, 4) is 5.75 Å². The van der Waals surface area contributed by atoms with Gasteiger partial charge in [0.1, 0.15) is 11.4 Å². The number of rotatable bonds is 7. The van der Waals surface area contributed by atoms with Gasteiger partial charge in [0.2, 0.25) is 0 Å². The Morgan fingerprint density at radius 1 is 1.08 bits per heavy atom. The van der Waals surface area contributed by atoms with Crippen LogP contribution in [0.2, 0.25) is 0 Å². The van der Waals surface area contributed by atoms with Crippen molar-refractivity contribution in [1.82, 2.24) is 10.6 Å². The van der Waals surface area contributed by atoms with Gasteiger partial charge in [-0.3, -0.25) is 9.59 Å². The van der Waals surface area contributed by atoms with E-state index in [1.165, 1.54) is 0 Å². The number of amides is 2. The molecule has 0 unspecified atom stereocenters. The Hall–Kier alpha value is -3.12. The molecule has 0 fully saturated rings. The Kier molecular flexibility index (Phi) is 6.93. The van der Waals surface area contributed by atoms with Crippen LogP contribution in [-0.4, -0.2) is 37.2 Å². The van der Waals surface area contributed by atoms with Crippen molar-refractivity contribution in [2.75, 3.05) is 20.3 Å². The third-order valence-corrected chi connectivity index (χ3v) is 3.63. The molecule has 0 atom stereocenters. The van der Waals surface area contributed by atoms with E-state index in [0.717, 1.165) is 11.1 Å². The number of hydrogen-bond donors (Lipinski definition) is 3. The summed E-state index contributed by atoms with van der Waals surface area (Å²) >= 11 is 0. The summed E-state index contributed by atoms with van der Waals surface area (Å²) in [6.07, 6.45) is 1.57. The molecular formula is C20H22N2O4. The lowest BCUT2D eigenvalue weighted by atomic mass is 10.1. The third kappa shape index (κ3) is 5.46. The number of nitrogens with one attached hydrogen (secondary N) is 2. The molecule has 2 amide bonds. The summed E-state index contributed by atoms with van der Waals surface area (Å²) in [5, 5.41) is 14.1. The fourth-order valence-corrected chi connectivity index (χ4v) is 2.19. The highest BCUT2D eigenvalue weighted by molar-refractivity contribution is 6.05. The molecular weight excluding hydrogens is 332 g/mol. The van der Waals surface area contributed by atoms with E-state index in [0.29, 0.717) is 11.3 Å². The number of hydrogen-bond acceptors (Lipinski definition) is 4. The quantitative estimate of drug-likeness (QED) is 0.663. The molecule has 2 aromatic rings. The number of carbonyl (C=O) groups excluding carboxylic acids is 2. The molecule has 0 aromatic heterocycles. The number of aliphatic hydroxyl groups excluding tert-OH is 1. The summed E-state index contributed by atoms with van der Waals surface area (Å²) in [6.45, 7) is 1.84. The Labute approximate surface area is 152 Å². The van der Waals surface area contributed by atoms with Crippen molar-refractivity contribution in [3.63, 3.8) is 0 Å². The first-order valence-electron chi connectivity index (χ1n) is 8.16. The zero-order valence-electron chi connectivity index (χ0n) is 14.8. The summed E-state index contributed by atoms with van der Waals surface area (Å²) in [4.78, 5) is 24.8. The van der Waals surface area contributed by atoms with E-state index < -0.39 is 5.91 Å². The van der Waals surface area contributed by atoms with Crippen molar-refractivity contribution in [2.24, 2.45) is 0 Å². The number of ether oxygens (including phenoxy) is 1. The van der Waals surface area contributed by atoms with Crippen LogP contribution < -0.4 is 15.4 Å². The molecule has 0 spiro atoms. The fraction of sp³-hybridized carbons (Fsp3) is 0.200. The van der Waals surface area contributed by atoms with E-state index in [1.807, 2.05) is 19.1 Å². The van der Waals surface area contributed by atoms with Gasteiger partial charge in [-0.2, -0.15) is 0 Å². The molecule has 6 nitrogen and oxygen atoms in total. The van der Waals surface area contributed by atoms with E-state index in [1.54, 1.807) is 49.6 Å². The predicted molar refractivity (Wildman–Crippen MR) is 99.7 cm³/mol. The van der Waals surface area contributed by atoms with Gasteiger partial charge >= 0.3 is 0 Å². The second kappa shape index (κ2) is 9.39. The summed E-state index contributed by atoms with van der Waals surface area (Å²) in [5.74, 6) is -0.170. The molecule has 2 rings (SSSR count). The highest BCUT2D eigenvalue weighted by atomic mass is 16.5. The molecule has 0 aliphatic carbocycles. The van der Waals surface area contributed by atoms with Crippen molar-refractivity contribution in [3.05, 3.63) is 70.9 Å². The Balaban J connectivity index is 2.24. The fourth-order valence-electron chi connectivity index (χ4n) is 2.19. The highest BCUT2D eigenvalue weighted by Crippen LogP contribution is 2.14. The first-order chi connectivity index (χ1) is 12.5. The van der Waals surface area contributed by atoms with Crippen molar-refractivity contribution < 1.29 is 19.4 Å². The first-order valence-corrected chi connectivity index (χ1v) is 8.16. The molecule has 0 aliphatic heterocycles. The number of aryl methyl sites for hydroxylation is 1. The van der Waals surface area contributed by atoms with Crippen LogP contribution in [0.3, 0.4) is 0 Å². The highest BCUT2D eigenvalue weighted by Gasteiger charge is 2.14. The molecule has 0 saturated carbocycles. The third-order valence-electron chi connectivity index (χ3n) is 3.63. The maximum atomic E-state index is 12.4. The van der Waals surface area contributed by atoms with Crippen LogP contribution in [-0.2, 0) is 4.79 Å². The second-order valence-corrected chi connectivity index (χ2v) is 5.63. The van der Waals surface area contributed by atoms with Gasteiger partial charge in [0.25, 0.3) is 11.8 Å². The van der Waals surface area contributed by atoms with Crippen LogP contribution in [0.1, 0.15) is 21.5 Å². The molecule has 2 aromatic carbocycles. The van der Waals surface area contributed by atoms with E-state index in [4.69, 9.17) is 9.84 Å². The minimum absolute atomic E-state index is 0.0918. The van der Waals surface area contributed by atoms with Crippen LogP contribution in [0, 0.1) is 6.92 Å². The lowest BCUT2D eigenvalue weighted by Crippen LogP contribution is -2.36. The summed E-state index contributed by atoms with van der Waals surface area (Å²) < 4.78 is 5.11. The smallest absolute Gasteiger partial charge is 0.267 e. The van der Waals surface area contributed by atoms with Crippen LogP contribution >= 0.6 is 0 Å². The molecule has 0 bridgehead atoms. The van der Waals surface area contributed by atoms with Gasteiger partial charge in [0, 0.05) is 12.1 Å². The lowest BCUT2D eigenvalue weighted by Gasteiger charge is -2.11. The molecule has 6 heteroatoms. The van der Waals surface area contributed by atoms with Gasteiger partial charge in [0.05, 0.1) is 13.7 Å². The Morgan fingerprint density at radius 2 is 1.73 bits per heavy atom.